The molecule has 2 spiro atoms. The Morgan fingerprint density at radius 1 is 1.35 bits per heavy atom. The maximum Gasteiger partial charge on any atom is 0.165 e. The SMILES string of the molecule is CN1CC23C=CC(O)C4Oc5c(O)ccc6c5C4(CC2C1C6)C3. The third kappa shape index (κ3) is 1.23. The molecule has 0 amide bonds. The van der Waals surface area contributed by atoms with Gasteiger partial charge in [-0.05, 0) is 43.9 Å². The number of phenolic OH excluding ortho intramolecular Hbond substituents is 1. The number of phenols is 1. The van der Waals surface area contributed by atoms with Gasteiger partial charge in [-0.25, -0.2) is 0 Å². The molecule has 1 aromatic rings. The van der Waals surface area contributed by atoms with Crippen LogP contribution in [0.25, 0.3) is 0 Å². The number of aromatic hydroxyl groups is 1. The first-order valence-corrected chi connectivity index (χ1v) is 8.64. The van der Waals surface area contributed by atoms with Gasteiger partial charge < -0.3 is 19.8 Å². The largest absolute Gasteiger partial charge is 0.504 e. The molecule has 6 rings (SSSR count). The molecule has 6 unspecified atom stereocenters. The smallest absolute Gasteiger partial charge is 0.165 e. The lowest BCUT2D eigenvalue weighted by Gasteiger charge is -2.33. The monoisotopic (exact) mass is 311 g/mol. The summed E-state index contributed by atoms with van der Waals surface area (Å²) >= 11 is 0. The summed E-state index contributed by atoms with van der Waals surface area (Å²) in [6.07, 6.45) is 6.52. The minimum absolute atomic E-state index is 0.132. The number of rotatable bonds is 0. The number of benzene rings is 1. The molecule has 0 radical (unpaired) electrons. The molecule has 3 aliphatic carbocycles. The summed E-state index contributed by atoms with van der Waals surface area (Å²) in [5, 5.41) is 21.1. The van der Waals surface area contributed by atoms with Crippen molar-refractivity contribution in [3.8, 4) is 11.5 Å². The van der Waals surface area contributed by atoms with Crippen LogP contribution in [-0.2, 0) is 11.8 Å². The molecule has 1 aromatic carbocycles. The van der Waals surface area contributed by atoms with Gasteiger partial charge in [0.25, 0.3) is 0 Å². The van der Waals surface area contributed by atoms with Crippen LogP contribution in [0.1, 0.15) is 24.0 Å². The highest BCUT2D eigenvalue weighted by Crippen LogP contribution is 2.69. The number of hydrogen-bond acceptors (Lipinski definition) is 4. The zero-order valence-electron chi connectivity index (χ0n) is 13.2. The Morgan fingerprint density at radius 3 is 3.09 bits per heavy atom. The van der Waals surface area contributed by atoms with E-state index < -0.39 is 6.10 Å². The van der Waals surface area contributed by atoms with E-state index in [-0.39, 0.29) is 22.7 Å². The molecule has 2 heterocycles. The Hall–Kier alpha value is -1.52. The second-order valence-electron chi connectivity index (χ2n) is 8.40. The standard InChI is InChI=1S/C19H21NO3/c1-20-9-18-5-4-14(22)17-19(8-18)7-11(18)12(20)6-10-2-3-13(21)16(23-17)15(10)19/h2-5,11-12,14,17,21-22H,6-9H2,1H3. The van der Waals surface area contributed by atoms with Crippen LogP contribution < -0.4 is 4.74 Å². The fourth-order valence-corrected chi connectivity index (χ4v) is 6.75. The number of likely N-dealkylation sites (N-methyl/N-ethyl adjacent to an activating group) is 1. The Kier molecular flexibility index (Phi) is 2.01. The first-order valence-electron chi connectivity index (χ1n) is 8.64. The van der Waals surface area contributed by atoms with Crippen LogP contribution in [0.2, 0.25) is 0 Å². The van der Waals surface area contributed by atoms with Gasteiger partial charge in [-0.1, -0.05) is 18.2 Å². The molecular weight excluding hydrogens is 290 g/mol. The minimum atomic E-state index is -0.600. The van der Waals surface area contributed by atoms with Gasteiger partial charge in [-0.3, -0.25) is 0 Å². The predicted molar refractivity (Wildman–Crippen MR) is 84.6 cm³/mol. The first kappa shape index (κ1) is 12.8. The summed E-state index contributed by atoms with van der Waals surface area (Å²) in [4.78, 5) is 2.51. The molecule has 2 aliphatic heterocycles. The van der Waals surface area contributed by atoms with Gasteiger partial charge in [-0.15, -0.1) is 0 Å². The average molecular weight is 311 g/mol. The number of aliphatic hydroxyl groups is 1. The van der Waals surface area contributed by atoms with Crippen LogP contribution in [-0.4, -0.2) is 47.0 Å². The van der Waals surface area contributed by atoms with E-state index in [4.69, 9.17) is 4.74 Å². The van der Waals surface area contributed by atoms with Crippen LogP contribution in [0.5, 0.6) is 11.5 Å². The second-order valence-corrected chi connectivity index (χ2v) is 8.40. The van der Waals surface area contributed by atoms with Crippen molar-refractivity contribution in [2.24, 2.45) is 11.3 Å². The van der Waals surface area contributed by atoms with Gasteiger partial charge in [0.05, 0.1) is 0 Å². The van der Waals surface area contributed by atoms with E-state index in [9.17, 15) is 10.2 Å². The van der Waals surface area contributed by atoms with Crippen LogP contribution in [0.3, 0.4) is 0 Å². The van der Waals surface area contributed by atoms with Gasteiger partial charge >= 0.3 is 0 Å². The van der Waals surface area contributed by atoms with Crippen molar-refractivity contribution < 1.29 is 14.9 Å². The fraction of sp³-hybridized carbons (Fsp3) is 0.579. The quantitative estimate of drug-likeness (QED) is 0.715. The molecule has 0 aromatic heterocycles. The maximum absolute atomic E-state index is 10.7. The molecule has 1 saturated heterocycles. The van der Waals surface area contributed by atoms with E-state index in [1.807, 2.05) is 6.08 Å². The number of nitrogens with zero attached hydrogens (tertiary/aromatic N) is 1. The van der Waals surface area contributed by atoms with Crippen LogP contribution in [0.15, 0.2) is 24.3 Å². The second kappa shape index (κ2) is 3.60. The molecule has 4 nitrogen and oxygen atoms in total. The number of hydrogen-bond donors (Lipinski definition) is 2. The predicted octanol–water partition coefficient (Wildman–Crippen LogP) is 1.59. The molecular formula is C19H21NO3. The Labute approximate surface area is 135 Å². The van der Waals surface area contributed by atoms with Crippen LogP contribution in [0.4, 0.5) is 0 Å². The highest BCUT2D eigenvalue weighted by molar-refractivity contribution is 5.61. The lowest BCUT2D eigenvalue weighted by atomic mass is 9.70. The summed E-state index contributed by atoms with van der Waals surface area (Å²) in [6.45, 7) is 1.06. The lowest BCUT2D eigenvalue weighted by molar-refractivity contribution is 0.0304. The molecule has 5 aliphatic rings. The van der Waals surface area contributed by atoms with Crippen LogP contribution >= 0.6 is 0 Å². The summed E-state index contributed by atoms with van der Waals surface area (Å²) in [6, 6.07) is 4.39. The summed E-state index contributed by atoms with van der Waals surface area (Å²) < 4.78 is 6.18. The molecule has 120 valence electrons. The van der Waals surface area contributed by atoms with Gasteiger partial charge in [-0.2, -0.15) is 0 Å². The first-order chi connectivity index (χ1) is 11.0. The Bertz CT molecular complexity index is 774. The number of aliphatic hydroxyl groups excluding tert-OH is 1. The van der Waals surface area contributed by atoms with Gasteiger partial charge in [0.15, 0.2) is 11.5 Å². The van der Waals surface area contributed by atoms with E-state index in [0.29, 0.717) is 17.7 Å². The average Bonchev–Trinajstić information content (AvgIpc) is 3.02. The van der Waals surface area contributed by atoms with Gasteiger partial charge in [0.2, 0.25) is 0 Å². The number of likely N-dealkylation sites (tertiary alicyclic amines) is 1. The molecule has 2 N–H and O–H groups in total. The molecule has 6 atom stereocenters. The maximum atomic E-state index is 10.7. The zero-order valence-corrected chi connectivity index (χ0v) is 13.2. The number of ether oxygens (including phenoxy) is 1. The lowest BCUT2D eigenvalue weighted by Crippen LogP contribution is -2.44. The van der Waals surface area contributed by atoms with E-state index in [1.165, 1.54) is 11.1 Å². The third-order valence-electron chi connectivity index (χ3n) is 7.42. The van der Waals surface area contributed by atoms with E-state index in [0.717, 1.165) is 25.8 Å². The van der Waals surface area contributed by atoms with Crippen molar-refractivity contribution >= 4 is 0 Å². The molecule has 1 saturated carbocycles. The van der Waals surface area contributed by atoms with Gasteiger partial charge in [0, 0.05) is 29.0 Å². The van der Waals surface area contributed by atoms with E-state index in [2.05, 4.69) is 24.1 Å². The third-order valence-corrected chi connectivity index (χ3v) is 7.42. The fourth-order valence-electron chi connectivity index (χ4n) is 6.75. The molecule has 3 bridgehead atoms. The van der Waals surface area contributed by atoms with Crippen molar-refractivity contribution in [1.82, 2.24) is 4.90 Å². The van der Waals surface area contributed by atoms with E-state index >= 15 is 0 Å². The van der Waals surface area contributed by atoms with Crippen molar-refractivity contribution in [2.45, 2.75) is 42.9 Å². The van der Waals surface area contributed by atoms with Crippen molar-refractivity contribution in [1.29, 1.82) is 0 Å². The van der Waals surface area contributed by atoms with Crippen LogP contribution in [0, 0.1) is 11.3 Å². The van der Waals surface area contributed by atoms with Gasteiger partial charge in [0.1, 0.15) is 12.2 Å². The Morgan fingerprint density at radius 2 is 2.22 bits per heavy atom. The Balaban J connectivity index is 1.71. The normalized spacial score (nSPS) is 48.3. The van der Waals surface area contributed by atoms with Crippen molar-refractivity contribution in [3.63, 3.8) is 0 Å². The highest BCUT2D eigenvalue weighted by Gasteiger charge is 2.69. The van der Waals surface area contributed by atoms with E-state index in [1.54, 1.807) is 6.07 Å². The highest BCUT2D eigenvalue weighted by atomic mass is 16.5. The minimum Gasteiger partial charge on any atom is -0.504 e. The molecule has 2 fully saturated rings. The molecule has 23 heavy (non-hydrogen) atoms. The summed E-state index contributed by atoms with van der Waals surface area (Å²) in [5.41, 5.74) is 2.54. The summed E-state index contributed by atoms with van der Waals surface area (Å²) in [5.74, 6) is 1.48. The van der Waals surface area contributed by atoms with Crippen molar-refractivity contribution in [2.75, 3.05) is 13.6 Å². The van der Waals surface area contributed by atoms with Crippen molar-refractivity contribution in [3.05, 3.63) is 35.4 Å². The summed E-state index contributed by atoms with van der Waals surface area (Å²) in [7, 11) is 2.24. The zero-order chi connectivity index (χ0) is 15.6. The topological polar surface area (TPSA) is 52.9 Å². The molecule has 4 heteroatoms.